The Balaban J connectivity index is 2.95. The molecular formula is C8H15N3OS2. The minimum absolute atomic E-state index is 0.0857. The maximum absolute atomic E-state index is 9.04. The van der Waals surface area contributed by atoms with Gasteiger partial charge in [-0.1, -0.05) is 0 Å². The molecule has 80 valence electrons. The minimum atomic E-state index is -0.0857. The summed E-state index contributed by atoms with van der Waals surface area (Å²) in [6.07, 6.45) is 2.06. The van der Waals surface area contributed by atoms with Crippen molar-refractivity contribution in [3.63, 3.8) is 0 Å². The molecule has 1 aromatic heterocycles. The van der Waals surface area contributed by atoms with Crippen LogP contribution in [-0.2, 0) is 13.2 Å². The number of hydrogen-bond donors (Lipinski definition) is 2. The van der Waals surface area contributed by atoms with E-state index in [9.17, 15) is 0 Å². The van der Waals surface area contributed by atoms with Crippen molar-refractivity contribution in [1.29, 1.82) is 0 Å². The highest BCUT2D eigenvalue weighted by Crippen LogP contribution is 2.23. The van der Waals surface area contributed by atoms with Crippen molar-refractivity contribution in [1.82, 2.24) is 14.8 Å². The molecule has 0 aliphatic carbocycles. The summed E-state index contributed by atoms with van der Waals surface area (Å²) in [4.78, 5) is 0. The van der Waals surface area contributed by atoms with Crippen molar-refractivity contribution < 1.29 is 5.11 Å². The lowest BCUT2D eigenvalue weighted by Crippen LogP contribution is -2.23. The zero-order valence-electron chi connectivity index (χ0n) is 8.57. The van der Waals surface area contributed by atoms with Gasteiger partial charge >= 0.3 is 0 Å². The van der Waals surface area contributed by atoms with Gasteiger partial charge in [-0.05, 0) is 32.3 Å². The third kappa shape index (κ3) is 2.59. The summed E-state index contributed by atoms with van der Waals surface area (Å²) in [5.41, 5.74) is 0. The fraction of sp³-hybridized carbons (Fsp3) is 0.750. The summed E-state index contributed by atoms with van der Waals surface area (Å²) in [6.45, 7) is 4.93. The van der Waals surface area contributed by atoms with E-state index in [-0.39, 0.29) is 11.4 Å². The first-order valence-electron chi connectivity index (χ1n) is 4.30. The van der Waals surface area contributed by atoms with Gasteiger partial charge in [-0.3, -0.25) is 5.10 Å². The number of aromatic nitrogens is 3. The molecule has 0 fully saturated rings. The average molecular weight is 233 g/mol. The van der Waals surface area contributed by atoms with Crippen molar-refractivity contribution in [3.05, 3.63) is 10.6 Å². The Labute approximate surface area is 92.7 Å². The second-order valence-corrected chi connectivity index (χ2v) is 5.55. The van der Waals surface area contributed by atoms with E-state index in [1.807, 2.05) is 4.57 Å². The topological polar surface area (TPSA) is 53.8 Å². The molecule has 0 aliphatic heterocycles. The zero-order valence-corrected chi connectivity index (χ0v) is 10.2. The molecule has 1 rings (SSSR count). The maximum atomic E-state index is 9.04. The monoisotopic (exact) mass is 233 g/mol. The lowest BCUT2D eigenvalue weighted by Gasteiger charge is -2.22. The second-order valence-electron chi connectivity index (χ2n) is 3.65. The van der Waals surface area contributed by atoms with Gasteiger partial charge in [0.05, 0.1) is 0 Å². The first-order chi connectivity index (χ1) is 6.50. The highest BCUT2D eigenvalue weighted by Gasteiger charge is 2.19. The molecular weight excluding hydrogens is 218 g/mol. The summed E-state index contributed by atoms with van der Waals surface area (Å²) in [5.74, 6) is 0.595. The van der Waals surface area contributed by atoms with Crippen LogP contribution in [0, 0.1) is 4.77 Å². The summed E-state index contributed by atoms with van der Waals surface area (Å²) in [7, 11) is 0. The molecule has 0 spiro atoms. The Bertz CT molecular complexity index is 356. The Morgan fingerprint density at radius 2 is 2.29 bits per heavy atom. The van der Waals surface area contributed by atoms with E-state index in [1.165, 1.54) is 0 Å². The molecule has 0 aliphatic rings. The third-order valence-electron chi connectivity index (χ3n) is 2.07. The van der Waals surface area contributed by atoms with Crippen molar-refractivity contribution >= 4 is 24.0 Å². The Morgan fingerprint density at radius 1 is 1.64 bits per heavy atom. The smallest absolute Gasteiger partial charge is 0.195 e. The number of aliphatic hydroxyl groups is 1. The van der Waals surface area contributed by atoms with Gasteiger partial charge in [-0.25, -0.2) is 0 Å². The van der Waals surface area contributed by atoms with Gasteiger partial charge in [0.25, 0.3) is 0 Å². The van der Waals surface area contributed by atoms with E-state index in [4.69, 9.17) is 17.3 Å². The highest BCUT2D eigenvalue weighted by atomic mass is 32.2. The highest BCUT2D eigenvalue weighted by molar-refractivity contribution is 7.99. The van der Waals surface area contributed by atoms with Crippen LogP contribution in [0.2, 0.25) is 0 Å². The molecule has 1 aromatic rings. The summed E-state index contributed by atoms with van der Waals surface area (Å²) < 4.78 is 2.49. The SMILES string of the molecule is CSC(C)(C)Cn1c(CO)n[nH]c1=S. The standard InChI is InChI=1S/C8H15N3OS2/c1-8(2,14-3)5-11-6(4-12)9-10-7(11)13/h12H,4-5H2,1-3H3,(H,10,13). The minimum Gasteiger partial charge on any atom is -0.388 e. The molecule has 2 N–H and O–H groups in total. The van der Waals surface area contributed by atoms with Gasteiger partial charge in [-0.2, -0.15) is 16.9 Å². The lowest BCUT2D eigenvalue weighted by molar-refractivity contribution is 0.263. The largest absolute Gasteiger partial charge is 0.388 e. The molecule has 6 heteroatoms. The van der Waals surface area contributed by atoms with E-state index in [1.54, 1.807) is 11.8 Å². The van der Waals surface area contributed by atoms with E-state index in [0.29, 0.717) is 10.6 Å². The Kier molecular flexibility index (Phi) is 3.74. The Morgan fingerprint density at radius 3 is 2.79 bits per heavy atom. The first-order valence-corrected chi connectivity index (χ1v) is 5.93. The average Bonchev–Trinajstić information content (AvgIpc) is 2.48. The fourth-order valence-electron chi connectivity index (χ4n) is 1.08. The molecule has 0 aromatic carbocycles. The number of hydrogen-bond acceptors (Lipinski definition) is 4. The van der Waals surface area contributed by atoms with E-state index in [2.05, 4.69) is 30.3 Å². The van der Waals surface area contributed by atoms with Crippen LogP contribution in [0.25, 0.3) is 0 Å². The van der Waals surface area contributed by atoms with Gasteiger partial charge in [0, 0.05) is 11.3 Å². The second kappa shape index (κ2) is 4.46. The number of H-pyrrole nitrogens is 1. The first kappa shape index (κ1) is 11.7. The quantitative estimate of drug-likeness (QED) is 0.775. The molecule has 0 atom stereocenters. The van der Waals surface area contributed by atoms with E-state index >= 15 is 0 Å². The van der Waals surface area contributed by atoms with Crippen molar-refractivity contribution in [2.75, 3.05) is 6.26 Å². The maximum Gasteiger partial charge on any atom is 0.195 e. The summed E-state index contributed by atoms with van der Waals surface area (Å²) in [5, 5.41) is 15.7. The predicted molar refractivity (Wildman–Crippen MR) is 60.9 cm³/mol. The molecule has 4 nitrogen and oxygen atoms in total. The van der Waals surface area contributed by atoms with Gasteiger partial charge in [0.1, 0.15) is 6.61 Å². The number of rotatable bonds is 4. The predicted octanol–water partition coefficient (Wildman–Crippen LogP) is 1.57. The van der Waals surface area contributed by atoms with Crippen molar-refractivity contribution in [3.8, 4) is 0 Å². The molecule has 1 heterocycles. The Hall–Kier alpha value is -0.330. The van der Waals surface area contributed by atoms with Crippen LogP contribution in [0.5, 0.6) is 0 Å². The molecule has 0 radical (unpaired) electrons. The molecule has 0 bridgehead atoms. The van der Waals surface area contributed by atoms with Crippen LogP contribution in [0.3, 0.4) is 0 Å². The molecule has 0 amide bonds. The molecule has 0 saturated heterocycles. The fourth-order valence-corrected chi connectivity index (χ4v) is 1.55. The normalized spacial score (nSPS) is 12.0. The van der Waals surface area contributed by atoms with Crippen LogP contribution in [0.4, 0.5) is 0 Å². The van der Waals surface area contributed by atoms with Crippen LogP contribution in [-0.4, -0.2) is 30.9 Å². The number of thioether (sulfide) groups is 1. The van der Waals surface area contributed by atoms with Gasteiger partial charge in [0.2, 0.25) is 0 Å². The molecule has 0 saturated carbocycles. The van der Waals surface area contributed by atoms with Crippen LogP contribution in [0.15, 0.2) is 0 Å². The van der Waals surface area contributed by atoms with Gasteiger partial charge in [-0.15, -0.1) is 0 Å². The number of aromatic amines is 1. The number of aliphatic hydroxyl groups excluding tert-OH is 1. The van der Waals surface area contributed by atoms with Crippen LogP contribution < -0.4 is 0 Å². The number of nitrogens with zero attached hydrogens (tertiary/aromatic N) is 2. The zero-order chi connectivity index (χ0) is 10.8. The van der Waals surface area contributed by atoms with Crippen LogP contribution >= 0.6 is 24.0 Å². The molecule has 0 unspecified atom stereocenters. The molecule has 14 heavy (non-hydrogen) atoms. The van der Waals surface area contributed by atoms with Crippen LogP contribution in [0.1, 0.15) is 19.7 Å². The van der Waals surface area contributed by atoms with E-state index in [0.717, 1.165) is 6.54 Å². The van der Waals surface area contributed by atoms with E-state index < -0.39 is 0 Å². The van der Waals surface area contributed by atoms with Gasteiger partial charge < -0.3 is 9.67 Å². The van der Waals surface area contributed by atoms with Crippen molar-refractivity contribution in [2.45, 2.75) is 31.7 Å². The summed E-state index contributed by atoms with van der Waals surface area (Å²) >= 11 is 6.84. The van der Waals surface area contributed by atoms with Gasteiger partial charge in [0.15, 0.2) is 10.6 Å². The third-order valence-corrected chi connectivity index (χ3v) is 3.62. The lowest BCUT2D eigenvalue weighted by atomic mass is 10.2. The van der Waals surface area contributed by atoms with Crippen molar-refractivity contribution in [2.24, 2.45) is 0 Å². The summed E-state index contributed by atoms with van der Waals surface area (Å²) in [6, 6.07) is 0. The number of nitrogens with one attached hydrogen (secondary N) is 1.